The van der Waals surface area contributed by atoms with Crippen molar-refractivity contribution in [2.75, 3.05) is 26.2 Å². The Bertz CT molecular complexity index is 1130. The number of hydrogen-bond donors (Lipinski definition) is 0. The third-order valence-corrected chi connectivity index (χ3v) is 6.39. The highest BCUT2D eigenvalue weighted by Gasteiger charge is 2.23. The molecule has 0 fully saturated rings. The number of nitro benzene ring substituents is 1. The van der Waals surface area contributed by atoms with E-state index >= 15 is 0 Å². The van der Waals surface area contributed by atoms with E-state index in [1.807, 2.05) is 12.1 Å². The third-order valence-electron chi connectivity index (χ3n) is 6.39. The van der Waals surface area contributed by atoms with Crippen LogP contribution in [0.15, 0.2) is 46.9 Å². The fraction of sp³-hybridized carbons (Fsp3) is 0.483. The first kappa shape index (κ1) is 27.4. The summed E-state index contributed by atoms with van der Waals surface area (Å²) in [4.78, 5) is 26.8. The van der Waals surface area contributed by atoms with Crippen LogP contribution in [0.2, 0.25) is 0 Å². The van der Waals surface area contributed by atoms with Crippen LogP contribution in [0, 0.1) is 10.1 Å². The topological polar surface area (TPSA) is 85.8 Å². The lowest BCUT2D eigenvalue weighted by molar-refractivity contribution is -0.384. The average Bonchev–Trinajstić information content (AvgIpc) is 3.26. The normalized spacial score (nSPS) is 11.3. The lowest BCUT2D eigenvalue weighted by Gasteiger charge is -2.22. The zero-order valence-corrected chi connectivity index (χ0v) is 21.8. The lowest BCUT2D eigenvalue weighted by Crippen LogP contribution is -2.30. The van der Waals surface area contributed by atoms with Crippen molar-refractivity contribution in [1.29, 1.82) is 0 Å². The summed E-state index contributed by atoms with van der Waals surface area (Å²) in [6, 6.07) is 11.5. The van der Waals surface area contributed by atoms with Crippen LogP contribution in [0.1, 0.15) is 81.0 Å². The molecule has 2 aromatic carbocycles. The molecule has 0 aliphatic heterocycles. The van der Waals surface area contributed by atoms with Gasteiger partial charge in [0.05, 0.1) is 10.5 Å². The van der Waals surface area contributed by atoms with Crippen molar-refractivity contribution in [3.63, 3.8) is 0 Å². The molecule has 0 spiro atoms. The molecule has 7 heteroatoms. The van der Waals surface area contributed by atoms with Crippen LogP contribution in [0.25, 0.3) is 11.0 Å². The number of carbonyl (C=O) groups is 1. The van der Waals surface area contributed by atoms with Gasteiger partial charge in [-0.25, -0.2) is 0 Å². The smallest absolute Gasteiger partial charge is 0.270 e. The molecule has 0 unspecified atom stereocenters. The van der Waals surface area contributed by atoms with Crippen molar-refractivity contribution in [2.24, 2.45) is 0 Å². The molecule has 0 saturated heterocycles. The monoisotopic (exact) mass is 494 g/mol. The van der Waals surface area contributed by atoms with Crippen LogP contribution >= 0.6 is 0 Å². The van der Waals surface area contributed by atoms with Crippen LogP contribution < -0.4 is 4.74 Å². The summed E-state index contributed by atoms with van der Waals surface area (Å²) in [5.74, 6) is 1.10. The molecule has 0 radical (unpaired) electrons. The molecule has 1 aromatic heterocycles. The molecule has 3 rings (SSSR count). The van der Waals surface area contributed by atoms with Crippen molar-refractivity contribution in [3.8, 4) is 5.75 Å². The van der Waals surface area contributed by atoms with Gasteiger partial charge in [0, 0.05) is 36.0 Å². The number of nitrogens with zero attached hydrogens (tertiary/aromatic N) is 2. The predicted octanol–water partition coefficient (Wildman–Crippen LogP) is 7.20. The number of hydrogen-bond acceptors (Lipinski definition) is 6. The Morgan fingerprint density at radius 3 is 2.22 bits per heavy atom. The Balaban J connectivity index is 1.74. The minimum atomic E-state index is -0.454. The first-order valence-corrected chi connectivity index (χ1v) is 13.2. The minimum absolute atomic E-state index is 0.0601. The summed E-state index contributed by atoms with van der Waals surface area (Å²) >= 11 is 0. The number of non-ortho nitro benzene ring substituents is 1. The molecule has 0 aliphatic rings. The summed E-state index contributed by atoms with van der Waals surface area (Å²) in [5.41, 5.74) is 1.35. The van der Waals surface area contributed by atoms with Gasteiger partial charge >= 0.3 is 0 Å². The maximum absolute atomic E-state index is 13.5. The van der Waals surface area contributed by atoms with E-state index in [0.29, 0.717) is 40.9 Å². The summed E-state index contributed by atoms with van der Waals surface area (Å²) in [6.07, 6.45) is 7.15. The zero-order valence-electron chi connectivity index (χ0n) is 21.8. The fourth-order valence-corrected chi connectivity index (χ4v) is 4.25. The molecule has 0 saturated carbocycles. The Morgan fingerprint density at radius 2 is 1.61 bits per heavy atom. The van der Waals surface area contributed by atoms with Gasteiger partial charge in [-0.3, -0.25) is 19.8 Å². The van der Waals surface area contributed by atoms with Gasteiger partial charge in [0.1, 0.15) is 23.7 Å². The van der Waals surface area contributed by atoms with Crippen molar-refractivity contribution in [3.05, 3.63) is 69.5 Å². The second kappa shape index (κ2) is 13.8. The van der Waals surface area contributed by atoms with E-state index < -0.39 is 4.92 Å². The SMILES string of the molecule is CCCCc1oc2ccc([N+](=O)[O-])cc2c1C(=O)c1ccc(OCCN(CCCC)CCCC)cc1. The number of fused-ring (bicyclic) bond motifs is 1. The predicted molar refractivity (Wildman–Crippen MR) is 143 cm³/mol. The van der Waals surface area contributed by atoms with Gasteiger partial charge in [-0.1, -0.05) is 40.0 Å². The Hall–Kier alpha value is -3.19. The summed E-state index contributed by atoms with van der Waals surface area (Å²) < 4.78 is 11.9. The van der Waals surface area contributed by atoms with Crippen LogP contribution in [0.4, 0.5) is 5.69 Å². The number of ketones is 1. The summed E-state index contributed by atoms with van der Waals surface area (Å²) in [6.45, 7) is 10.1. The largest absolute Gasteiger partial charge is 0.492 e. The molecule has 0 amide bonds. The lowest BCUT2D eigenvalue weighted by atomic mass is 9.98. The number of nitro groups is 1. The van der Waals surface area contributed by atoms with E-state index in [9.17, 15) is 14.9 Å². The molecule has 36 heavy (non-hydrogen) atoms. The average molecular weight is 495 g/mol. The maximum atomic E-state index is 13.5. The van der Waals surface area contributed by atoms with Crippen LogP contribution in [-0.2, 0) is 6.42 Å². The van der Waals surface area contributed by atoms with Gasteiger partial charge in [0.2, 0.25) is 0 Å². The molecule has 1 heterocycles. The van der Waals surface area contributed by atoms with Crippen molar-refractivity contribution in [2.45, 2.75) is 65.7 Å². The fourth-order valence-electron chi connectivity index (χ4n) is 4.25. The van der Waals surface area contributed by atoms with Crippen molar-refractivity contribution < 1.29 is 18.9 Å². The number of rotatable bonds is 16. The number of benzene rings is 2. The molecule has 0 bridgehead atoms. The highest BCUT2D eigenvalue weighted by Crippen LogP contribution is 2.32. The number of ether oxygens (including phenoxy) is 1. The number of furan rings is 1. The van der Waals surface area contributed by atoms with Gasteiger partial charge in [0.25, 0.3) is 5.69 Å². The van der Waals surface area contributed by atoms with Crippen LogP contribution in [0.5, 0.6) is 5.75 Å². The highest BCUT2D eigenvalue weighted by atomic mass is 16.6. The van der Waals surface area contributed by atoms with E-state index in [2.05, 4.69) is 25.7 Å². The van der Waals surface area contributed by atoms with E-state index in [-0.39, 0.29) is 11.5 Å². The van der Waals surface area contributed by atoms with Gasteiger partial charge in [0.15, 0.2) is 5.78 Å². The number of aryl methyl sites for hydroxylation is 1. The molecule has 0 atom stereocenters. The second-order valence-corrected chi connectivity index (χ2v) is 9.19. The molecule has 194 valence electrons. The van der Waals surface area contributed by atoms with Gasteiger partial charge in [-0.05, 0) is 62.7 Å². The van der Waals surface area contributed by atoms with E-state index in [1.165, 1.54) is 37.8 Å². The van der Waals surface area contributed by atoms with E-state index in [1.54, 1.807) is 18.2 Å². The molecular formula is C29H38N2O5. The molecular weight excluding hydrogens is 456 g/mol. The van der Waals surface area contributed by atoms with Crippen molar-refractivity contribution >= 4 is 22.4 Å². The van der Waals surface area contributed by atoms with Crippen molar-refractivity contribution in [1.82, 2.24) is 4.90 Å². The second-order valence-electron chi connectivity index (χ2n) is 9.19. The quantitative estimate of drug-likeness (QED) is 0.119. The Morgan fingerprint density at radius 1 is 0.944 bits per heavy atom. The number of carbonyl (C=O) groups excluding carboxylic acids is 1. The third kappa shape index (κ3) is 7.17. The van der Waals surface area contributed by atoms with Gasteiger partial charge < -0.3 is 9.15 Å². The molecule has 3 aromatic rings. The summed E-state index contributed by atoms with van der Waals surface area (Å²) in [5, 5.41) is 11.8. The van der Waals surface area contributed by atoms with E-state index in [0.717, 1.165) is 38.2 Å². The van der Waals surface area contributed by atoms with Gasteiger partial charge in [-0.2, -0.15) is 0 Å². The first-order chi connectivity index (χ1) is 17.5. The van der Waals surface area contributed by atoms with Crippen LogP contribution in [0.3, 0.4) is 0 Å². The van der Waals surface area contributed by atoms with Gasteiger partial charge in [-0.15, -0.1) is 0 Å². The number of unbranched alkanes of at least 4 members (excludes halogenated alkanes) is 3. The van der Waals surface area contributed by atoms with Crippen LogP contribution in [-0.4, -0.2) is 41.8 Å². The molecule has 0 N–H and O–H groups in total. The molecule has 7 nitrogen and oxygen atoms in total. The minimum Gasteiger partial charge on any atom is -0.492 e. The molecule has 0 aliphatic carbocycles. The Kier molecular flexibility index (Phi) is 10.5. The summed E-state index contributed by atoms with van der Waals surface area (Å²) in [7, 11) is 0. The standard InChI is InChI=1S/C29H38N2O5/c1-4-7-10-27-28(25-21-23(31(33)34)13-16-26(25)36-27)29(32)22-11-14-24(15-12-22)35-20-19-30(17-8-5-2)18-9-6-3/h11-16,21H,4-10,17-20H2,1-3H3. The van der Waals surface area contributed by atoms with E-state index in [4.69, 9.17) is 9.15 Å². The Labute approximate surface area is 213 Å². The highest BCUT2D eigenvalue weighted by molar-refractivity contribution is 6.17. The zero-order chi connectivity index (χ0) is 25.9. The first-order valence-electron chi connectivity index (χ1n) is 13.2. The maximum Gasteiger partial charge on any atom is 0.270 e.